The first-order chi connectivity index (χ1) is 14.2. The van der Waals surface area contributed by atoms with Crippen LogP contribution in [-0.2, 0) is 23.9 Å². The van der Waals surface area contributed by atoms with Crippen molar-refractivity contribution >= 4 is 17.8 Å². The Balaban J connectivity index is 1.92. The molecule has 4 rings (SSSR count). The topological polar surface area (TPSA) is 96.4 Å². The van der Waals surface area contributed by atoms with Gasteiger partial charge in [-0.15, -0.1) is 0 Å². The maximum atomic E-state index is 13.8. The third-order valence-corrected chi connectivity index (χ3v) is 6.98. The number of aliphatic hydroxyl groups excluding tert-OH is 1. The summed E-state index contributed by atoms with van der Waals surface area (Å²) in [7, 11) is 0. The van der Waals surface area contributed by atoms with Gasteiger partial charge in [0.1, 0.15) is 24.2 Å². The van der Waals surface area contributed by atoms with E-state index in [-0.39, 0.29) is 31.1 Å². The van der Waals surface area contributed by atoms with E-state index in [1.54, 1.807) is 30.1 Å². The molecule has 8 heteroatoms. The zero-order valence-electron chi connectivity index (χ0n) is 17.9. The Morgan fingerprint density at radius 2 is 1.90 bits per heavy atom. The molecule has 30 heavy (non-hydrogen) atoms. The Hall–Kier alpha value is -2.19. The van der Waals surface area contributed by atoms with Gasteiger partial charge in [-0.3, -0.25) is 14.4 Å². The summed E-state index contributed by atoms with van der Waals surface area (Å²) < 4.78 is 11.9. The van der Waals surface area contributed by atoms with Gasteiger partial charge in [0.2, 0.25) is 11.8 Å². The van der Waals surface area contributed by atoms with Gasteiger partial charge in [-0.2, -0.15) is 0 Å². The minimum atomic E-state index is -1.29. The molecule has 4 aliphatic heterocycles. The summed E-state index contributed by atoms with van der Waals surface area (Å²) in [5.41, 5.74) is -2.35. The normalized spacial score (nSPS) is 38.9. The average Bonchev–Trinajstić information content (AvgIpc) is 2.94. The number of carbonyl (C=O) groups is 3. The van der Waals surface area contributed by atoms with Crippen molar-refractivity contribution in [3.8, 4) is 0 Å². The molecule has 4 aliphatic rings. The molecular formula is C22H30N2O6. The van der Waals surface area contributed by atoms with E-state index in [0.29, 0.717) is 13.0 Å². The van der Waals surface area contributed by atoms with Gasteiger partial charge in [0.05, 0.1) is 24.2 Å². The predicted octanol–water partition coefficient (Wildman–Crippen LogP) is 0.648. The van der Waals surface area contributed by atoms with Crippen LogP contribution in [0.25, 0.3) is 0 Å². The number of aliphatic hydroxyl groups is 1. The molecule has 8 nitrogen and oxygen atoms in total. The van der Waals surface area contributed by atoms with Gasteiger partial charge in [0, 0.05) is 12.6 Å². The van der Waals surface area contributed by atoms with Crippen LogP contribution in [0.3, 0.4) is 0 Å². The highest BCUT2D eigenvalue weighted by Gasteiger charge is 2.75. The van der Waals surface area contributed by atoms with Crippen molar-refractivity contribution in [1.29, 1.82) is 0 Å². The van der Waals surface area contributed by atoms with Crippen molar-refractivity contribution in [1.82, 2.24) is 9.80 Å². The molecule has 164 valence electrons. The summed E-state index contributed by atoms with van der Waals surface area (Å²) in [6.45, 7) is 7.73. The molecule has 0 aromatic rings. The third-order valence-electron chi connectivity index (χ3n) is 6.98. The molecule has 0 aromatic heterocycles. The molecule has 1 unspecified atom stereocenters. The number of likely N-dealkylation sites (tertiary alicyclic amines) is 1. The quantitative estimate of drug-likeness (QED) is 0.532. The van der Waals surface area contributed by atoms with Crippen LogP contribution in [-0.4, -0.2) is 81.8 Å². The van der Waals surface area contributed by atoms with Crippen LogP contribution in [0.1, 0.15) is 34.1 Å². The van der Waals surface area contributed by atoms with Crippen LogP contribution < -0.4 is 0 Å². The van der Waals surface area contributed by atoms with Gasteiger partial charge in [-0.05, 0) is 33.3 Å². The molecule has 1 spiro atoms. The van der Waals surface area contributed by atoms with Gasteiger partial charge in [0.25, 0.3) is 0 Å². The Kier molecular flexibility index (Phi) is 5.05. The van der Waals surface area contributed by atoms with Gasteiger partial charge in [-0.1, -0.05) is 25.2 Å². The standard InChI is InChI=1S/C22H30N2O6/c1-5-14(12-25)24-17-19(27)23(13(2)3)10-6-9-22(17)15(18(24)26)16-20(28)29-11-7-8-21(16,4)30-22/h6-9,13-17,25H,5,10-12H2,1-4H3/t14-,15-,16+,17?,21-,22-/m0/s1. The maximum Gasteiger partial charge on any atom is 0.313 e. The predicted molar refractivity (Wildman–Crippen MR) is 107 cm³/mol. The van der Waals surface area contributed by atoms with Crippen molar-refractivity contribution in [2.24, 2.45) is 11.8 Å². The average molecular weight is 418 g/mol. The molecule has 0 radical (unpaired) electrons. The minimum Gasteiger partial charge on any atom is -0.461 e. The summed E-state index contributed by atoms with van der Waals surface area (Å²) in [6, 6.07) is -1.56. The van der Waals surface area contributed by atoms with E-state index in [0.717, 1.165) is 0 Å². The van der Waals surface area contributed by atoms with Gasteiger partial charge in [0.15, 0.2) is 0 Å². The molecule has 2 saturated heterocycles. The fourth-order valence-electron chi connectivity index (χ4n) is 5.58. The Morgan fingerprint density at radius 1 is 1.17 bits per heavy atom. The molecule has 1 N–H and O–H groups in total. The molecule has 6 atom stereocenters. The van der Waals surface area contributed by atoms with E-state index in [4.69, 9.17) is 9.47 Å². The van der Waals surface area contributed by atoms with Crippen LogP contribution in [0.15, 0.2) is 24.3 Å². The van der Waals surface area contributed by atoms with E-state index in [9.17, 15) is 19.5 Å². The van der Waals surface area contributed by atoms with E-state index in [1.807, 2.05) is 26.8 Å². The smallest absolute Gasteiger partial charge is 0.313 e. The number of esters is 1. The van der Waals surface area contributed by atoms with Crippen LogP contribution in [0.4, 0.5) is 0 Å². The first-order valence-corrected chi connectivity index (χ1v) is 10.7. The number of fused-ring (bicyclic) bond motifs is 2. The SMILES string of the molecule is CC[C@@H](CO)N1C(=O)[C@@H]2[C@@H]3C(=O)OCC=C[C@]3(C)O[C@@]23C=CCN(C(C)C)C(=O)C13. The van der Waals surface area contributed by atoms with Crippen LogP contribution in [0.5, 0.6) is 0 Å². The second kappa shape index (κ2) is 7.20. The van der Waals surface area contributed by atoms with Gasteiger partial charge >= 0.3 is 5.97 Å². The number of ether oxygens (including phenoxy) is 2. The monoisotopic (exact) mass is 418 g/mol. The zero-order valence-corrected chi connectivity index (χ0v) is 17.9. The molecule has 0 bridgehead atoms. The molecule has 2 amide bonds. The number of amides is 2. The highest BCUT2D eigenvalue weighted by molar-refractivity contribution is 5.99. The van der Waals surface area contributed by atoms with Gasteiger partial charge < -0.3 is 24.4 Å². The van der Waals surface area contributed by atoms with E-state index in [1.165, 1.54) is 4.90 Å². The molecule has 0 aromatic carbocycles. The van der Waals surface area contributed by atoms with E-state index < -0.39 is 41.1 Å². The van der Waals surface area contributed by atoms with E-state index in [2.05, 4.69) is 0 Å². The zero-order chi connectivity index (χ0) is 21.8. The second-order valence-corrected chi connectivity index (χ2v) is 9.01. The van der Waals surface area contributed by atoms with Crippen LogP contribution in [0.2, 0.25) is 0 Å². The van der Waals surface area contributed by atoms with Gasteiger partial charge in [-0.25, -0.2) is 0 Å². The van der Waals surface area contributed by atoms with Crippen molar-refractivity contribution in [3.05, 3.63) is 24.3 Å². The fraction of sp³-hybridized carbons (Fsp3) is 0.682. The lowest BCUT2D eigenvalue weighted by atomic mass is 9.75. The fourth-order valence-corrected chi connectivity index (χ4v) is 5.58. The Morgan fingerprint density at radius 3 is 2.53 bits per heavy atom. The molecule has 0 aliphatic carbocycles. The largest absolute Gasteiger partial charge is 0.461 e. The number of hydrogen-bond donors (Lipinski definition) is 1. The number of hydrogen-bond acceptors (Lipinski definition) is 6. The third kappa shape index (κ3) is 2.69. The summed E-state index contributed by atoms with van der Waals surface area (Å²) in [5.74, 6) is -2.83. The second-order valence-electron chi connectivity index (χ2n) is 9.01. The summed E-state index contributed by atoms with van der Waals surface area (Å²) in [4.78, 5) is 43.7. The molecular weight excluding hydrogens is 388 g/mol. The van der Waals surface area contributed by atoms with Crippen molar-refractivity contribution in [2.75, 3.05) is 19.8 Å². The Labute approximate surface area is 176 Å². The number of nitrogens with zero attached hydrogens (tertiary/aromatic N) is 2. The van der Waals surface area contributed by atoms with Crippen molar-refractivity contribution in [2.45, 2.75) is 63.4 Å². The number of cyclic esters (lactones) is 1. The Bertz CT molecular complexity index is 818. The number of carbonyl (C=O) groups excluding carboxylic acids is 3. The highest BCUT2D eigenvalue weighted by atomic mass is 16.6. The summed E-state index contributed by atoms with van der Waals surface area (Å²) in [6.07, 6.45) is 7.62. The number of rotatable bonds is 4. The lowest BCUT2D eigenvalue weighted by Crippen LogP contribution is -2.59. The maximum absolute atomic E-state index is 13.8. The summed E-state index contributed by atoms with van der Waals surface area (Å²) in [5, 5.41) is 9.99. The van der Waals surface area contributed by atoms with Crippen LogP contribution >= 0.6 is 0 Å². The molecule has 4 heterocycles. The summed E-state index contributed by atoms with van der Waals surface area (Å²) >= 11 is 0. The van der Waals surface area contributed by atoms with Crippen molar-refractivity contribution in [3.63, 3.8) is 0 Å². The first kappa shape index (κ1) is 21.1. The highest BCUT2D eigenvalue weighted by Crippen LogP contribution is 2.57. The molecule has 2 fully saturated rings. The first-order valence-electron chi connectivity index (χ1n) is 10.7. The van der Waals surface area contributed by atoms with Crippen molar-refractivity contribution < 1.29 is 29.0 Å². The van der Waals surface area contributed by atoms with Crippen LogP contribution in [0, 0.1) is 11.8 Å². The lowest BCUT2D eigenvalue weighted by molar-refractivity contribution is -0.160. The minimum absolute atomic E-state index is 0.0742. The van der Waals surface area contributed by atoms with E-state index >= 15 is 0 Å². The lowest BCUT2D eigenvalue weighted by Gasteiger charge is -2.40. The molecule has 0 saturated carbocycles.